The van der Waals surface area contributed by atoms with Crippen molar-refractivity contribution in [2.24, 2.45) is 0 Å². The van der Waals surface area contributed by atoms with Gasteiger partial charge in [0.25, 0.3) is 5.91 Å². The summed E-state index contributed by atoms with van der Waals surface area (Å²) < 4.78 is 8.36. The zero-order chi connectivity index (χ0) is 20.5. The van der Waals surface area contributed by atoms with Crippen LogP contribution in [0, 0.1) is 0 Å². The average molecular weight is 423 g/mol. The van der Waals surface area contributed by atoms with Crippen LogP contribution in [0.15, 0.2) is 53.3 Å². The summed E-state index contributed by atoms with van der Waals surface area (Å²) in [4.78, 5) is 34.4. The van der Waals surface area contributed by atoms with Crippen LogP contribution in [0.1, 0.15) is 22.7 Å². The van der Waals surface area contributed by atoms with Crippen molar-refractivity contribution in [3.05, 3.63) is 60.3 Å². The van der Waals surface area contributed by atoms with Crippen molar-refractivity contribution in [3.8, 4) is 0 Å². The lowest BCUT2D eigenvalue weighted by Crippen LogP contribution is -2.42. The molecule has 1 saturated heterocycles. The molecule has 9 heteroatoms. The third-order valence-corrected chi connectivity index (χ3v) is 6.32. The Balaban J connectivity index is 1.24. The summed E-state index contributed by atoms with van der Waals surface area (Å²) in [5, 5.41) is 2.87. The highest BCUT2D eigenvalue weighted by atomic mass is 32.1. The first-order chi connectivity index (χ1) is 14.7. The lowest BCUT2D eigenvalue weighted by atomic mass is 10.3. The molecule has 0 atom stereocenters. The van der Waals surface area contributed by atoms with E-state index in [0.717, 1.165) is 21.6 Å². The fourth-order valence-electron chi connectivity index (χ4n) is 3.73. The maximum absolute atomic E-state index is 13.0. The minimum atomic E-state index is -0.144. The molecule has 0 bridgehead atoms. The van der Waals surface area contributed by atoms with Gasteiger partial charge in [0.1, 0.15) is 11.5 Å². The van der Waals surface area contributed by atoms with Gasteiger partial charge in [-0.05, 0) is 30.7 Å². The number of hydrogen-bond acceptors (Lipinski definition) is 5. The first kappa shape index (κ1) is 18.7. The molecule has 4 aromatic rings. The van der Waals surface area contributed by atoms with E-state index >= 15 is 0 Å². The molecule has 4 heterocycles. The molecule has 30 heavy (non-hydrogen) atoms. The third kappa shape index (κ3) is 3.52. The van der Waals surface area contributed by atoms with Gasteiger partial charge in [-0.2, -0.15) is 0 Å². The number of amides is 3. The molecule has 0 aliphatic carbocycles. The van der Waals surface area contributed by atoms with Crippen LogP contribution in [0.4, 0.5) is 4.79 Å². The summed E-state index contributed by atoms with van der Waals surface area (Å²) >= 11 is 1.57. The number of imidazole rings is 1. The van der Waals surface area contributed by atoms with E-state index in [1.807, 2.05) is 34.9 Å². The number of nitrogens with one attached hydrogen (secondary N) is 1. The van der Waals surface area contributed by atoms with E-state index in [2.05, 4.69) is 16.4 Å². The predicted molar refractivity (Wildman–Crippen MR) is 114 cm³/mol. The summed E-state index contributed by atoms with van der Waals surface area (Å²) in [6.45, 7) is 2.54. The van der Waals surface area contributed by atoms with Crippen LogP contribution in [0.5, 0.6) is 0 Å². The topological polar surface area (TPSA) is 83.1 Å². The first-order valence-electron chi connectivity index (χ1n) is 9.90. The standard InChI is InChI=1S/C21H21N5O3S/c27-19(16-14-26-17-6-1-2-7-18(17)30-21(26)23-16)24-8-4-9-25(11-10-24)20(28)22-13-15-5-3-12-29-15/h1-3,5-7,12,14H,4,8-11,13H2,(H,22,28). The quantitative estimate of drug-likeness (QED) is 0.549. The van der Waals surface area contributed by atoms with Gasteiger partial charge < -0.3 is 19.5 Å². The van der Waals surface area contributed by atoms with Gasteiger partial charge in [-0.15, -0.1) is 0 Å². The number of thiazole rings is 1. The highest BCUT2D eigenvalue weighted by molar-refractivity contribution is 7.23. The highest BCUT2D eigenvalue weighted by Gasteiger charge is 2.25. The van der Waals surface area contributed by atoms with E-state index in [0.29, 0.717) is 44.2 Å². The van der Waals surface area contributed by atoms with Crippen LogP contribution in [-0.4, -0.2) is 57.3 Å². The van der Waals surface area contributed by atoms with Crippen LogP contribution in [0.2, 0.25) is 0 Å². The van der Waals surface area contributed by atoms with Crippen molar-refractivity contribution in [1.82, 2.24) is 24.5 Å². The number of nitrogens with zero attached hydrogens (tertiary/aromatic N) is 4. The monoisotopic (exact) mass is 423 g/mol. The Morgan fingerprint density at radius 3 is 2.77 bits per heavy atom. The number of furan rings is 1. The van der Waals surface area contributed by atoms with Gasteiger partial charge in [0, 0.05) is 32.4 Å². The Morgan fingerprint density at radius 1 is 1.07 bits per heavy atom. The minimum absolute atomic E-state index is 0.0900. The Morgan fingerprint density at radius 2 is 1.90 bits per heavy atom. The molecule has 1 fully saturated rings. The number of rotatable bonds is 3. The van der Waals surface area contributed by atoms with Gasteiger partial charge in [0.15, 0.2) is 4.96 Å². The molecule has 1 N–H and O–H groups in total. The van der Waals surface area contributed by atoms with Crippen molar-refractivity contribution in [1.29, 1.82) is 0 Å². The number of hydrogen-bond donors (Lipinski definition) is 1. The van der Waals surface area contributed by atoms with Crippen LogP contribution in [0.25, 0.3) is 15.2 Å². The van der Waals surface area contributed by atoms with E-state index in [1.54, 1.807) is 33.5 Å². The van der Waals surface area contributed by atoms with Crippen molar-refractivity contribution >= 4 is 38.5 Å². The van der Waals surface area contributed by atoms with E-state index in [4.69, 9.17) is 4.42 Å². The number of aromatic nitrogens is 2. The molecule has 0 unspecified atom stereocenters. The largest absolute Gasteiger partial charge is 0.467 e. The van der Waals surface area contributed by atoms with E-state index in [9.17, 15) is 9.59 Å². The summed E-state index contributed by atoms with van der Waals surface area (Å²) in [6.07, 6.45) is 4.13. The lowest BCUT2D eigenvalue weighted by molar-refractivity contribution is 0.0757. The number of carbonyl (C=O) groups is 2. The fraction of sp³-hybridized carbons (Fsp3) is 0.286. The lowest BCUT2D eigenvalue weighted by Gasteiger charge is -2.21. The van der Waals surface area contributed by atoms with Gasteiger partial charge in [-0.3, -0.25) is 9.20 Å². The molecule has 8 nitrogen and oxygen atoms in total. The molecule has 3 aromatic heterocycles. The Labute approximate surface area is 176 Å². The number of urea groups is 1. The molecular formula is C21H21N5O3S. The predicted octanol–water partition coefficient (Wildman–Crippen LogP) is 3.20. The second kappa shape index (κ2) is 7.83. The second-order valence-corrected chi connectivity index (χ2v) is 8.23. The Bertz CT molecular complexity index is 1200. The summed E-state index contributed by atoms with van der Waals surface area (Å²) in [7, 11) is 0. The molecule has 1 aliphatic rings. The Kier molecular flexibility index (Phi) is 4.88. The molecule has 0 radical (unpaired) electrons. The molecule has 5 rings (SSSR count). The van der Waals surface area contributed by atoms with E-state index < -0.39 is 0 Å². The number of fused-ring (bicyclic) bond motifs is 3. The van der Waals surface area contributed by atoms with E-state index in [1.165, 1.54) is 0 Å². The maximum atomic E-state index is 13.0. The third-order valence-electron chi connectivity index (χ3n) is 5.28. The average Bonchev–Trinajstić information content (AvgIpc) is 3.44. The van der Waals surface area contributed by atoms with Gasteiger partial charge in [0.05, 0.1) is 23.0 Å². The van der Waals surface area contributed by atoms with Crippen molar-refractivity contribution < 1.29 is 14.0 Å². The molecule has 0 spiro atoms. The van der Waals surface area contributed by atoms with Crippen molar-refractivity contribution in [2.45, 2.75) is 13.0 Å². The fourth-order valence-corrected chi connectivity index (χ4v) is 4.73. The number of carbonyl (C=O) groups excluding carboxylic acids is 2. The van der Waals surface area contributed by atoms with Gasteiger partial charge in [0.2, 0.25) is 0 Å². The molecule has 3 amide bonds. The van der Waals surface area contributed by atoms with Gasteiger partial charge >= 0.3 is 6.03 Å². The normalized spacial score (nSPS) is 14.9. The highest BCUT2D eigenvalue weighted by Crippen LogP contribution is 2.26. The smallest absolute Gasteiger partial charge is 0.317 e. The zero-order valence-corrected chi connectivity index (χ0v) is 17.1. The minimum Gasteiger partial charge on any atom is -0.467 e. The molecular weight excluding hydrogens is 402 g/mol. The summed E-state index contributed by atoms with van der Waals surface area (Å²) in [6, 6.07) is 11.5. The molecule has 154 valence electrons. The molecule has 0 saturated carbocycles. The number of benzene rings is 1. The first-order valence-corrected chi connectivity index (χ1v) is 10.7. The Hall–Kier alpha value is -3.33. The van der Waals surface area contributed by atoms with Gasteiger partial charge in [-0.1, -0.05) is 23.5 Å². The van der Waals surface area contributed by atoms with Crippen LogP contribution >= 0.6 is 11.3 Å². The van der Waals surface area contributed by atoms with Gasteiger partial charge in [-0.25, -0.2) is 9.78 Å². The zero-order valence-electron chi connectivity index (χ0n) is 16.3. The van der Waals surface area contributed by atoms with Crippen LogP contribution in [0.3, 0.4) is 0 Å². The molecule has 1 aliphatic heterocycles. The SMILES string of the molecule is O=C(NCc1ccco1)N1CCCN(C(=O)c2cn3c(n2)sc2ccccc23)CC1. The summed E-state index contributed by atoms with van der Waals surface area (Å²) in [5.41, 5.74) is 1.50. The van der Waals surface area contributed by atoms with Crippen molar-refractivity contribution in [3.63, 3.8) is 0 Å². The van der Waals surface area contributed by atoms with Crippen molar-refractivity contribution in [2.75, 3.05) is 26.2 Å². The second-order valence-electron chi connectivity index (χ2n) is 7.22. The number of para-hydroxylation sites is 1. The molecule has 1 aromatic carbocycles. The summed E-state index contributed by atoms with van der Waals surface area (Å²) in [5.74, 6) is 0.620. The van der Waals surface area contributed by atoms with Crippen LogP contribution in [-0.2, 0) is 6.54 Å². The van der Waals surface area contributed by atoms with E-state index in [-0.39, 0.29) is 11.9 Å². The van der Waals surface area contributed by atoms with Crippen LogP contribution < -0.4 is 5.32 Å². The maximum Gasteiger partial charge on any atom is 0.317 e.